The molecule has 1 unspecified atom stereocenters. The molecule has 1 aromatic heterocycles. The van der Waals surface area contributed by atoms with Crippen LogP contribution in [0.1, 0.15) is 29.4 Å². The lowest BCUT2D eigenvalue weighted by molar-refractivity contribution is 0.474. The topological polar surface area (TPSA) is 60.9 Å². The van der Waals surface area contributed by atoms with E-state index in [1.54, 1.807) is 12.3 Å². The molecule has 3 rings (SSSR count). The number of aromatic hydroxyl groups is 1. The Morgan fingerprint density at radius 2 is 2.41 bits per heavy atom. The van der Waals surface area contributed by atoms with E-state index in [4.69, 9.17) is 0 Å². The van der Waals surface area contributed by atoms with Crippen molar-refractivity contribution in [3.05, 3.63) is 47.5 Å². The minimum atomic E-state index is 0.357. The van der Waals surface area contributed by atoms with Crippen molar-refractivity contribution in [1.82, 2.24) is 15.3 Å². The third kappa shape index (κ3) is 2.03. The van der Waals surface area contributed by atoms with E-state index in [0.29, 0.717) is 11.8 Å². The number of phenols is 1. The number of nitrogens with zero attached hydrogens (tertiary/aromatic N) is 1. The monoisotopic (exact) mass is 229 g/mol. The molecule has 88 valence electrons. The predicted molar refractivity (Wildman–Crippen MR) is 64.6 cm³/mol. The van der Waals surface area contributed by atoms with Crippen LogP contribution in [0.25, 0.3) is 0 Å². The molecule has 0 amide bonds. The summed E-state index contributed by atoms with van der Waals surface area (Å²) in [6.45, 7) is 0.748. The van der Waals surface area contributed by atoms with Crippen LogP contribution < -0.4 is 5.32 Å². The molecule has 1 heterocycles. The van der Waals surface area contributed by atoms with Crippen molar-refractivity contribution >= 4 is 0 Å². The number of aromatic nitrogens is 2. The van der Waals surface area contributed by atoms with Gasteiger partial charge in [-0.2, -0.15) is 0 Å². The second-order valence-corrected chi connectivity index (χ2v) is 4.39. The molecule has 4 heteroatoms. The van der Waals surface area contributed by atoms with E-state index in [2.05, 4.69) is 15.3 Å². The zero-order valence-electron chi connectivity index (χ0n) is 9.48. The number of hydrogen-bond acceptors (Lipinski definition) is 3. The Labute approximate surface area is 99.7 Å². The molecule has 0 aliphatic heterocycles. The molecule has 0 bridgehead atoms. The van der Waals surface area contributed by atoms with Gasteiger partial charge in [-0.25, -0.2) is 4.98 Å². The number of aryl methyl sites for hydroxylation is 1. The first kappa shape index (κ1) is 10.4. The fourth-order valence-electron chi connectivity index (χ4n) is 2.43. The molecule has 1 aliphatic carbocycles. The molecule has 1 atom stereocenters. The fourth-order valence-corrected chi connectivity index (χ4v) is 2.43. The standard InChI is InChI=1S/C13H15N3O/c17-10-2-3-11-9(7-10)1-4-12(11)16-8-13-14-5-6-15-13/h2-3,5-7,12,16-17H,1,4,8H2,(H,14,15). The average molecular weight is 229 g/mol. The summed E-state index contributed by atoms with van der Waals surface area (Å²) in [6.07, 6.45) is 5.70. The van der Waals surface area contributed by atoms with E-state index < -0.39 is 0 Å². The lowest BCUT2D eigenvalue weighted by atomic mass is 10.1. The number of fused-ring (bicyclic) bond motifs is 1. The van der Waals surface area contributed by atoms with E-state index in [1.807, 2.05) is 18.3 Å². The van der Waals surface area contributed by atoms with Crippen LogP contribution in [-0.4, -0.2) is 15.1 Å². The highest BCUT2D eigenvalue weighted by Gasteiger charge is 2.22. The highest BCUT2D eigenvalue weighted by atomic mass is 16.3. The number of phenolic OH excluding ortho intramolecular Hbond substituents is 1. The van der Waals surface area contributed by atoms with Crippen LogP contribution in [0, 0.1) is 0 Å². The summed E-state index contributed by atoms with van der Waals surface area (Å²) in [5.41, 5.74) is 2.55. The summed E-state index contributed by atoms with van der Waals surface area (Å²) in [4.78, 5) is 7.27. The lowest BCUT2D eigenvalue weighted by Gasteiger charge is -2.12. The first-order chi connectivity index (χ1) is 8.33. The van der Waals surface area contributed by atoms with E-state index >= 15 is 0 Å². The molecule has 0 fully saturated rings. The van der Waals surface area contributed by atoms with Crippen molar-refractivity contribution in [3.63, 3.8) is 0 Å². The highest BCUT2D eigenvalue weighted by molar-refractivity contribution is 5.40. The van der Waals surface area contributed by atoms with Crippen molar-refractivity contribution < 1.29 is 5.11 Å². The molecule has 1 aliphatic rings. The number of aromatic amines is 1. The summed E-state index contributed by atoms with van der Waals surface area (Å²) in [5, 5.41) is 12.9. The molecule has 3 N–H and O–H groups in total. The Morgan fingerprint density at radius 3 is 3.24 bits per heavy atom. The summed E-state index contributed by atoms with van der Waals surface area (Å²) in [6, 6.07) is 6.00. The predicted octanol–water partition coefficient (Wildman–Crippen LogP) is 1.89. The van der Waals surface area contributed by atoms with Crippen LogP contribution in [0.4, 0.5) is 0 Å². The maximum atomic E-state index is 9.43. The van der Waals surface area contributed by atoms with Crippen molar-refractivity contribution in [1.29, 1.82) is 0 Å². The Morgan fingerprint density at radius 1 is 1.47 bits per heavy atom. The van der Waals surface area contributed by atoms with Gasteiger partial charge in [-0.15, -0.1) is 0 Å². The van der Waals surface area contributed by atoms with Gasteiger partial charge < -0.3 is 15.4 Å². The first-order valence-electron chi connectivity index (χ1n) is 5.86. The van der Waals surface area contributed by atoms with Gasteiger partial charge >= 0.3 is 0 Å². The van der Waals surface area contributed by atoms with Crippen molar-refractivity contribution in [2.24, 2.45) is 0 Å². The van der Waals surface area contributed by atoms with Crippen LogP contribution in [0.2, 0.25) is 0 Å². The average Bonchev–Trinajstić information content (AvgIpc) is 2.94. The summed E-state index contributed by atoms with van der Waals surface area (Å²) < 4.78 is 0. The van der Waals surface area contributed by atoms with Gasteiger partial charge in [0.05, 0.1) is 6.54 Å². The van der Waals surface area contributed by atoms with Gasteiger partial charge in [0.2, 0.25) is 0 Å². The normalized spacial score (nSPS) is 18.2. The molecule has 2 aromatic rings. The molecule has 0 radical (unpaired) electrons. The van der Waals surface area contributed by atoms with Crippen molar-refractivity contribution in [2.75, 3.05) is 0 Å². The lowest BCUT2D eigenvalue weighted by Crippen LogP contribution is -2.19. The third-order valence-electron chi connectivity index (χ3n) is 3.28. The minimum absolute atomic E-state index is 0.357. The van der Waals surface area contributed by atoms with Crippen LogP contribution in [0.15, 0.2) is 30.6 Å². The number of hydrogen-bond donors (Lipinski definition) is 3. The van der Waals surface area contributed by atoms with Crippen molar-refractivity contribution in [3.8, 4) is 5.75 Å². The number of H-pyrrole nitrogens is 1. The minimum Gasteiger partial charge on any atom is -0.508 e. The zero-order chi connectivity index (χ0) is 11.7. The van der Waals surface area contributed by atoms with Gasteiger partial charge in [-0.05, 0) is 36.1 Å². The molecule has 0 saturated heterocycles. The molecule has 4 nitrogen and oxygen atoms in total. The van der Waals surface area contributed by atoms with Crippen LogP contribution in [0.3, 0.4) is 0 Å². The summed E-state index contributed by atoms with van der Waals surface area (Å²) in [7, 11) is 0. The van der Waals surface area contributed by atoms with Gasteiger partial charge in [0.1, 0.15) is 11.6 Å². The number of imidazole rings is 1. The van der Waals surface area contributed by atoms with E-state index in [-0.39, 0.29) is 0 Å². The van der Waals surface area contributed by atoms with Gasteiger partial charge in [-0.1, -0.05) is 6.07 Å². The molecular weight excluding hydrogens is 214 g/mol. The van der Waals surface area contributed by atoms with Crippen LogP contribution in [0.5, 0.6) is 5.75 Å². The van der Waals surface area contributed by atoms with Gasteiger partial charge in [0, 0.05) is 18.4 Å². The Balaban J connectivity index is 1.71. The maximum absolute atomic E-state index is 9.43. The zero-order valence-corrected chi connectivity index (χ0v) is 9.48. The molecule has 1 aromatic carbocycles. The van der Waals surface area contributed by atoms with Gasteiger partial charge in [-0.3, -0.25) is 0 Å². The van der Waals surface area contributed by atoms with Crippen LogP contribution >= 0.6 is 0 Å². The maximum Gasteiger partial charge on any atom is 0.120 e. The van der Waals surface area contributed by atoms with Gasteiger partial charge in [0.25, 0.3) is 0 Å². The van der Waals surface area contributed by atoms with E-state index in [0.717, 1.165) is 25.2 Å². The molecule has 0 saturated carbocycles. The Bertz CT molecular complexity index is 507. The second kappa shape index (κ2) is 4.22. The fraction of sp³-hybridized carbons (Fsp3) is 0.308. The third-order valence-corrected chi connectivity index (χ3v) is 3.28. The molecular formula is C13H15N3O. The molecule has 0 spiro atoms. The van der Waals surface area contributed by atoms with Crippen molar-refractivity contribution in [2.45, 2.75) is 25.4 Å². The highest BCUT2D eigenvalue weighted by Crippen LogP contribution is 2.33. The van der Waals surface area contributed by atoms with E-state index in [9.17, 15) is 5.11 Å². The summed E-state index contributed by atoms with van der Waals surface area (Å²) >= 11 is 0. The first-order valence-corrected chi connectivity index (χ1v) is 5.86. The number of benzene rings is 1. The molecule has 17 heavy (non-hydrogen) atoms. The number of rotatable bonds is 3. The van der Waals surface area contributed by atoms with E-state index in [1.165, 1.54) is 11.1 Å². The van der Waals surface area contributed by atoms with Crippen LogP contribution in [-0.2, 0) is 13.0 Å². The Hall–Kier alpha value is -1.81. The second-order valence-electron chi connectivity index (χ2n) is 4.39. The SMILES string of the molecule is Oc1ccc2c(c1)CCC2NCc1ncc[nH]1. The number of nitrogens with one attached hydrogen (secondary N) is 2. The summed E-state index contributed by atoms with van der Waals surface area (Å²) in [5.74, 6) is 1.31. The van der Waals surface area contributed by atoms with Gasteiger partial charge in [0.15, 0.2) is 0 Å². The Kier molecular flexibility index (Phi) is 2.57. The smallest absolute Gasteiger partial charge is 0.120 e. The quantitative estimate of drug-likeness (QED) is 0.753. The largest absolute Gasteiger partial charge is 0.508 e.